The lowest BCUT2D eigenvalue weighted by molar-refractivity contribution is -0.134. The highest BCUT2D eigenvalue weighted by molar-refractivity contribution is 6.31. The van der Waals surface area contributed by atoms with Gasteiger partial charge in [0.25, 0.3) is 5.91 Å². The average molecular weight is 515 g/mol. The van der Waals surface area contributed by atoms with Crippen molar-refractivity contribution in [2.24, 2.45) is 0 Å². The van der Waals surface area contributed by atoms with Crippen LogP contribution in [0.3, 0.4) is 0 Å². The Hall–Kier alpha value is -4.03. The second-order valence-corrected chi connectivity index (χ2v) is 8.45. The largest absolute Gasteiger partial charge is 0.478 e. The summed E-state index contributed by atoms with van der Waals surface area (Å²) < 4.78 is 7.33. The number of nitrogens with zero attached hydrogens (tertiary/aromatic N) is 5. The van der Waals surface area contributed by atoms with E-state index in [9.17, 15) is 14.4 Å². The molecule has 0 saturated carbocycles. The number of aliphatic carboxylic acids is 2. The van der Waals surface area contributed by atoms with E-state index in [1.807, 2.05) is 15.5 Å². The molecule has 36 heavy (non-hydrogen) atoms. The minimum Gasteiger partial charge on any atom is -0.478 e. The molecule has 13 heteroatoms. The Morgan fingerprint density at radius 1 is 1.28 bits per heavy atom. The summed E-state index contributed by atoms with van der Waals surface area (Å²) in [6.07, 6.45) is 4.74. The van der Waals surface area contributed by atoms with Crippen LogP contribution in [0.4, 0.5) is 0 Å². The lowest BCUT2D eigenvalue weighted by Crippen LogP contribution is -2.44. The van der Waals surface area contributed by atoms with E-state index in [0.29, 0.717) is 53.2 Å². The van der Waals surface area contributed by atoms with Gasteiger partial charge in [-0.2, -0.15) is 4.98 Å². The zero-order valence-corrected chi connectivity index (χ0v) is 20.0. The van der Waals surface area contributed by atoms with Gasteiger partial charge in [-0.25, -0.2) is 14.6 Å². The highest BCUT2D eigenvalue weighted by atomic mass is 35.5. The third-order valence-electron chi connectivity index (χ3n) is 5.60. The molecule has 1 amide bonds. The number of benzene rings is 1. The van der Waals surface area contributed by atoms with Gasteiger partial charge in [-0.3, -0.25) is 9.36 Å². The van der Waals surface area contributed by atoms with Gasteiger partial charge < -0.3 is 25.0 Å². The molecule has 0 radical (unpaired) electrons. The van der Waals surface area contributed by atoms with E-state index < -0.39 is 11.9 Å². The van der Waals surface area contributed by atoms with Gasteiger partial charge in [0.05, 0.1) is 29.5 Å². The minimum atomic E-state index is -1.26. The molecule has 0 spiro atoms. The number of rotatable bonds is 7. The summed E-state index contributed by atoms with van der Waals surface area (Å²) >= 11 is 6.15. The van der Waals surface area contributed by atoms with Gasteiger partial charge in [-0.1, -0.05) is 23.7 Å². The van der Waals surface area contributed by atoms with Crippen LogP contribution in [0, 0.1) is 0 Å². The number of hydrogen-bond acceptors (Lipinski definition) is 8. The molecule has 1 saturated heterocycles. The standard InChI is InChI=1S/C19H19ClN6O2.C4H4O4/c1-2-6-21-9-15-23-18(24-28-15)16-17-14-5-7-25(14)19(27)12-8-11(20)3-4-13(12)26(17)10-22-16;5-3(6)1-2-4(7)8/h3-4,8,10,14,21H,2,5-7,9H2,1H3;1-2H,(H,5,6)(H,7,8)/b;2-1+/t14-;/m0./s1. The van der Waals surface area contributed by atoms with E-state index in [2.05, 4.69) is 27.4 Å². The van der Waals surface area contributed by atoms with Crippen molar-refractivity contribution >= 4 is 29.4 Å². The van der Waals surface area contributed by atoms with Gasteiger partial charge in [0.1, 0.15) is 12.0 Å². The number of hydrogen-bond donors (Lipinski definition) is 3. The second kappa shape index (κ2) is 10.7. The Morgan fingerprint density at radius 3 is 2.67 bits per heavy atom. The van der Waals surface area contributed by atoms with E-state index in [-0.39, 0.29) is 11.9 Å². The van der Waals surface area contributed by atoms with Crippen molar-refractivity contribution in [2.45, 2.75) is 32.4 Å². The van der Waals surface area contributed by atoms with Crippen LogP contribution < -0.4 is 5.32 Å². The number of amides is 1. The third-order valence-corrected chi connectivity index (χ3v) is 5.84. The van der Waals surface area contributed by atoms with Crippen LogP contribution in [0.5, 0.6) is 0 Å². The normalized spacial score (nSPS) is 15.8. The topological polar surface area (TPSA) is 164 Å². The van der Waals surface area contributed by atoms with Crippen LogP contribution in [-0.4, -0.2) is 65.7 Å². The van der Waals surface area contributed by atoms with Crippen molar-refractivity contribution < 1.29 is 29.1 Å². The fourth-order valence-corrected chi connectivity index (χ4v) is 4.11. The summed E-state index contributed by atoms with van der Waals surface area (Å²) in [6.45, 7) is 4.21. The minimum absolute atomic E-state index is 0.0130. The molecule has 4 heterocycles. The fourth-order valence-electron chi connectivity index (χ4n) is 3.94. The fraction of sp³-hybridized carbons (Fsp3) is 0.304. The van der Waals surface area contributed by atoms with E-state index in [1.165, 1.54) is 0 Å². The first kappa shape index (κ1) is 25.1. The van der Waals surface area contributed by atoms with Crippen molar-refractivity contribution in [1.82, 2.24) is 29.9 Å². The Morgan fingerprint density at radius 2 is 2.03 bits per heavy atom. The van der Waals surface area contributed by atoms with E-state index in [4.69, 9.17) is 26.3 Å². The number of carbonyl (C=O) groups excluding carboxylic acids is 1. The summed E-state index contributed by atoms with van der Waals surface area (Å²) in [5, 5.41) is 23.5. The second-order valence-electron chi connectivity index (χ2n) is 8.01. The average Bonchev–Trinajstić information content (AvgIpc) is 3.43. The zero-order valence-electron chi connectivity index (χ0n) is 19.2. The molecular weight excluding hydrogens is 492 g/mol. The Labute approximate surface area is 210 Å². The molecule has 0 aliphatic carbocycles. The van der Waals surface area contributed by atoms with Crippen LogP contribution in [0.25, 0.3) is 17.2 Å². The summed E-state index contributed by atoms with van der Waals surface area (Å²) in [7, 11) is 0. The van der Waals surface area contributed by atoms with Gasteiger partial charge >= 0.3 is 11.9 Å². The first-order chi connectivity index (χ1) is 17.3. The molecule has 188 valence electrons. The summed E-state index contributed by atoms with van der Waals surface area (Å²) in [5.41, 5.74) is 2.91. The van der Waals surface area contributed by atoms with Crippen molar-refractivity contribution in [3.05, 3.63) is 58.8 Å². The lowest BCUT2D eigenvalue weighted by atomic mass is 9.97. The van der Waals surface area contributed by atoms with Crippen molar-refractivity contribution in [3.63, 3.8) is 0 Å². The molecule has 3 aromatic rings. The SMILES string of the molecule is CCCNCc1nc(-c2ncn3c2[C@@H]2CCN2C(=O)c2cc(Cl)ccc2-3)no1.O=C(O)/C=C/C(=O)O. The van der Waals surface area contributed by atoms with Crippen molar-refractivity contribution in [1.29, 1.82) is 0 Å². The quantitative estimate of drug-likeness (QED) is 0.315. The number of fused-ring (bicyclic) bond motifs is 5. The molecule has 0 bridgehead atoms. The van der Waals surface area contributed by atoms with E-state index >= 15 is 0 Å². The zero-order chi connectivity index (χ0) is 25.8. The van der Waals surface area contributed by atoms with Crippen molar-refractivity contribution in [2.75, 3.05) is 13.1 Å². The summed E-state index contributed by atoms with van der Waals surface area (Å²) in [6, 6.07) is 5.30. The number of carbonyl (C=O) groups is 3. The Bertz CT molecular complexity index is 1320. The molecule has 1 aromatic carbocycles. The highest BCUT2D eigenvalue weighted by Gasteiger charge is 2.42. The van der Waals surface area contributed by atoms with E-state index in [1.54, 1.807) is 18.5 Å². The van der Waals surface area contributed by atoms with Crippen LogP contribution in [-0.2, 0) is 16.1 Å². The molecule has 1 fully saturated rings. The maximum atomic E-state index is 13.0. The maximum absolute atomic E-state index is 13.0. The van der Waals surface area contributed by atoms with Crippen molar-refractivity contribution in [3.8, 4) is 17.2 Å². The molecule has 2 aromatic heterocycles. The van der Waals surface area contributed by atoms with Crippen LogP contribution >= 0.6 is 11.6 Å². The summed E-state index contributed by atoms with van der Waals surface area (Å²) in [4.78, 5) is 43.0. The van der Waals surface area contributed by atoms with Gasteiger partial charge in [0, 0.05) is 23.7 Å². The molecule has 12 nitrogen and oxygen atoms in total. The summed E-state index contributed by atoms with van der Waals surface area (Å²) in [5.74, 6) is -1.56. The van der Waals surface area contributed by atoms with E-state index in [0.717, 1.165) is 30.8 Å². The Kier molecular flexibility index (Phi) is 7.46. The van der Waals surface area contributed by atoms with Gasteiger partial charge in [0.2, 0.25) is 11.7 Å². The maximum Gasteiger partial charge on any atom is 0.328 e. The number of carboxylic acid groups (broad SMARTS) is 2. The van der Waals surface area contributed by atoms with Crippen LogP contribution in [0.2, 0.25) is 5.02 Å². The number of nitrogens with one attached hydrogen (secondary N) is 1. The smallest absolute Gasteiger partial charge is 0.328 e. The predicted octanol–water partition coefficient (Wildman–Crippen LogP) is 2.69. The monoisotopic (exact) mass is 514 g/mol. The van der Waals surface area contributed by atoms with Gasteiger partial charge in [-0.05, 0) is 37.6 Å². The molecule has 1 atom stereocenters. The lowest BCUT2D eigenvalue weighted by Gasteiger charge is -2.39. The first-order valence-corrected chi connectivity index (χ1v) is 11.5. The van der Waals surface area contributed by atoms with Gasteiger partial charge in [0.15, 0.2) is 0 Å². The first-order valence-electron chi connectivity index (χ1n) is 11.2. The van der Waals surface area contributed by atoms with Gasteiger partial charge in [-0.15, -0.1) is 0 Å². The molecule has 2 aliphatic heterocycles. The molecule has 0 unspecified atom stereocenters. The molecule has 2 aliphatic rings. The number of imidazole rings is 1. The van der Waals surface area contributed by atoms with Crippen LogP contribution in [0.1, 0.15) is 47.7 Å². The molecule has 3 N–H and O–H groups in total. The number of halogens is 1. The predicted molar refractivity (Wildman–Crippen MR) is 127 cm³/mol. The highest BCUT2D eigenvalue weighted by Crippen LogP contribution is 2.43. The Balaban J connectivity index is 0.000000331. The molecule has 5 rings (SSSR count). The number of carboxylic acids is 2. The third kappa shape index (κ3) is 5.14. The van der Waals surface area contributed by atoms with Crippen LogP contribution in [0.15, 0.2) is 41.2 Å². The molecular formula is C23H23ClN6O6. The number of aromatic nitrogens is 4.